The third-order valence-electron chi connectivity index (χ3n) is 3.09. The van der Waals surface area contributed by atoms with Crippen LogP contribution in [-0.2, 0) is 9.53 Å². The Morgan fingerprint density at radius 2 is 2.09 bits per heavy atom. The molecule has 2 rings (SSSR count). The summed E-state index contributed by atoms with van der Waals surface area (Å²) in [6, 6.07) is 4.79. The molecule has 1 aromatic heterocycles. The number of fused-ring (bicyclic) bond motifs is 1. The van der Waals surface area contributed by atoms with Crippen LogP contribution in [0, 0.1) is 12.7 Å². The summed E-state index contributed by atoms with van der Waals surface area (Å²) in [6.07, 6.45) is -0.0570. The number of esters is 1. The number of nitrogens with one attached hydrogen (secondary N) is 1. The van der Waals surface area contributed by atoms with Gasteiger partial charge in [0.25, 0.3) is 5.91 Å². The number of halogens is 1. The fourth-order valence-electron chi connectivity index (χ4n) is 2.15. The second-order valence-electron chi connectivity index (χ2n) is 5.21. The van der Waals surface area contributed by atoms with Crippen molar-refractivity contribution in [3.63, 3.8) is 0 Å². The first-order valence-electron chi connectivity index (χ1n) is 7.05. The van der Waals surface area contributed by atoms with Gasteiger partial charge in [-0.1, -0.05) is 6.07 Å². The van der Waals surface area contributed by atoms with E-state index in [1.807, 2.05) is 0 Å². The molecule has 1 heterocycles. The van der Waals surface area contributed by atoms with E-state index in [4.69, 9.17) is 4.74 Å². The lowest BCUT2D eigenvalue weighted by Gasteiger charge is -2.08. The molecule has 0 saturated carbocycles. The molecule has 0 spiro atoms. The maximum absolute atomic E-state index is 13.8. The zero-order chi connectivity index (χ0) is 16.3. The topological polar surface area (TPSA) is 55.4 Å². The van der Waals surface area contributed by atoms with Crippen molar-refractivity contribution in [3.8, 4) is 0 Å². The van der Waals surface area contributed by atoms with Crippen molar-refractivity contribution in [1.82, 2.24) is 5.32 Å². The van der Waals surface area contributed by atoms with Crippen LogP contribution in [0.5, 0.6) is 0 Å². The Balaban J connectivity index is 2.03. The fraction of sp³-hybridized carbons (Fsp3) is 0.375. The third kappa shape index (κ3) is 3.62. The molecule has 0 aliphatic rings. The van der Waals surface area contributed by atoms with E-state index < -0.39 is 0 Å². The largest absolute Gasteiger partial charge is 0.463 e. The van der Waals surface area contributed by atoms with Crippen LogP contribution in [0.1, 0.15) is 35.5 Å². The molecule has 0 aliphatic carbocycles. The number of hydrogen-bond donors (Lipinski definition) is 1. The van der Waals surface area contributed by atoms with E-state index in [-0.39, 0.29) is 36.8 Å². The third-order valence-corrected chi connectivity index (χ3v) is 4.35. The maximum Gasteiger partial charge on any atom is 0.307 e. The zero-order valence-corrected chi connectivity index (χ0v) is 13.6. The first-order chi connectivity index (χ1) is 10.4. The normalized spacial score (nSPS) is 11.0. The molecule has 4 nitrogen and oxygen atoms in total. The van der Waals surface area contributed by atoms with E-state index in [1.54, 1.807) is 32.9 Å². The Morgan fingerprint density at radius 1 is 1.36 bits per heavy atom. The fourth-order valence-corrected chi connectivity index (χ4v) is 3.29. The number of aryl methyl sites for hydroxylation is 1. The highest BCUT2D eigenvalue weighted by molar-refractivity contribution is 7.21. The van der Waals surface area contributed by atoms with E-state index in [0.717, 1.165) is 4.70 Å². The van der Waals surface area contributed by atoms with E-state index in [0.29, 0.717) is 15.8 Å². The van der Waals surface area contributed by atoms with Crippen molar-refractivity contribution in [3.05, 3.63) is 34.5 Å². The molecular formula is C16H18FNO3S. The standard InChI is InChI=1S/C16H18FNO3S/c1-9(2)21-13(19)7-8-18-16(20)15-10(3)14-11(17)5-4-6-12(14)22-15/h4-6,9H,7-8H2,1-3H3,(H,18,20). The quantitative estimate of drug-likeness (QED) is 0.858. The summed E-state index contributed by atoms with van der Waals surface area (Å²) >= 11 is 1.25. The SMILES string of the molecule is Cc1c(C(=O)NCCC(=O)OC(C)C)sc2cccc(F)c12. The molecule has 118 valence electrons. The Bertz CT molecular complexity index is 709. The minimum atomic E-state index is -0.352. The number of hydrogen-bond acceptors (Lipinski definition) is 4. The molecule has 0 aliphatic heterocycles. The number of carbonyl (C=O) groups is 2. The lowest BCUT2D eigenvalue weighted by molar-refractivity contribution is -0.147. The average molecular weight is 323 g/mol. The van der Waals surface area contributed by atoms with Crippen LogP contribution >= 0.6 is 11.3 Å². The minimum Gasteiger partial charge on any atom is -0.463 e. The number of benzene rings is 1. The maximum atomic E-state index is 13.8. The van der Waals surface area contributed by atoms with E-state index >= 15 is 0 Å². The second-order valence-corrected chi connectivity index (χ2v) is 6.27. The van der Waals surface area contributed by atoms with Crippen LogP contribution in [0.25, 0.3) is 10.1 Å². The molecule has 1 aromatic carbocycles. The average Bonchev–Trinajstić information content (AvgIpc) is 2.76. The van der Waals surface area contributed by atoms with Gasteiger partial charge in [-0.15, -0.1) is 11.3 Å². The van der Waals surface area contributed by atoms with Crippen LogP contribution in [0.15, 0.2) is 18.2 Å². The van der Waals surface area contributed by atoms with Crippen molar-refractivity contribution in [2.24, 2.45) is 0 Å². The van der Waals surface area contributed by atoms with Crippen LogP contribution in [0.4, 0.5) is 4.39 Å². The highest BCUT2D eigenvalue weighted by atomic mass is 32.1. The van der Waals surface area contributed by atoms with Gasteiger partial charge in [0.15, 0.2) is 0 Å². The molecule has 0 saturated heterocycles. The highest BCUT2D eigenvalue weighted by Crippen LogP contribution is 2.32. The monoisotopic (exact) mass is 323 g/mol. The Hall–Kier alpha value is -1.95. The van der Waals surface area contributed by atoms with E-state index in [2.05, 4.69) is 5.32 Å². The van der Waals surface area contributed by atoms with Crippen LogP contribution in [0.3, 0.4) is 0 Å². The van der Waals surface area contributed by atoms with Gasteiger partial charge >= 0.3 is 5.97 Å². The molecule has 0 bridgehead atoms. The second kappa shape index (κ2) is 6.87. The summed E-state index contributed by atoms with van der Waals surface area (Å²) in [4.78, 5) is 24.0. The minimum absolute atomic E-state index is 0.113. The molecule has 0 unspecified atom stereocenters. The summed E-state index contributed by atoms with van der Waals surface area (Å²) in [5.41, 5.74) is 0.625. The van der Waals surface area contributed by atoms with Crippen molar-refractivity contribution >= 4 is 33.3 Å². The molecule has 1 amide bonds. The van der Waals surface area contributed by atoms with Gasteiger partial charge in [-0.05, 0) is 38.5 Å². The number of ether oxygens (including phenoxy) is 1. The van der Waals surface area contributed by atoms with Gasteiger partial charge in [0.05, 0.1) is 17.4 Å². The molecule has 6 heteroatoms. The van der Waals surface area contributed by atoms with Crippen LogP contribution in [0.2, 0.25) is 0 Å². The summed E-state index contributed by atoms with van der Waals surface area (Å²) in [5, 5.41) is 3.16. The first kappa shape index (κ1) is 16.4. The van der Waals surface area contributed by atoms with Crippen LogP contribution < -0.4 is 5.32 Å². The van der Waals surface area contributed by atoms with Crippen molar-refractivity contribution in [2.45, 2.75) is 33.3 Å². The molecule has 1 N–H and O–H groups in total. The summed E-state index contributed by atoms with van der Waals surface area (Å²) in [5.74, 6) is -0.976. The zero-order valence-electron chi connectivity index (χ0n) is 12.7. The van der Waals surface area contributed by atoms with Gasteiger partial charge in [-0.3, -0.25) is 9.59 Å². The van der Waals surface area contributed by atoms with Crippen molar-refractivity contribution in [1.29, 1.82) is 0 Å². The predicted molar refractivity (Wildman–Crippen MR) is 84.7 cm³/mol. The molecule has 22 heavy (non-hydrogen) atoms. The summed E-state index contributed by atoms with van der Waals surface area (Å²) in [7, 11) is 0. The lowest BCUT2D eigenvalue weighted by Crippen LogP contribution is -2.26. The molecule has 0 fully saturated rings. The molecule has 0 radical (unpaired) electrons. The number of carbonyl (C=O) groups excluding carboxylic acids is 2. The molecule has 2 aromatic rings. The first-order valence-corrected chi connectivity index (χ1v) is 7.87. The predicted octanol–water partition coefficient (Wildman–Crippen LogP) is 3.42. The van der Waals surface area contributed by atoms with Gasteiger partial charge < -0.3 is 10.1 Å². The number of amides is 1. The smallest absolute Gasteiger partial charge is 0.307 e. The lowest BCUT2D eigenvalue weighted by atomic mass is 10.1. The Kier molecular flexibility index (Phi) is 5.13. The van der Waals surface area contributed by atoms with Gasteiger partial charge in [0.1, 0.15) is 5.82 Å². The van der Waals surface area contributed by atoms with Crippen molar-refractivity contribution in [2.75, 3.05) is 6.54 Å². The Morgan fingerprint density at radius 3 is 2.73 bits per heavy atom. The number of thiophene rings is 1. The van der Waals surface area contributed by atoms with Gasteiger partial charge in [0, 0.05) is 16.6 Å². The van der Waals surface area contributed by atoms with Gasteiger partial charge in [0.2, 0.25) is 0 Å². The molecule has 0 atom stereocenters. The van der Waals surface area contributed by atoms with Crippen molar-refractivity contribution < 1.29 is 18.7 Å². The summed E-state index contributed by atoms with van der Waals surface area (Å²) < 4.78 is 19.5. The molecular weight excluding hydrogens is 305 g/mol. The van der Waals surface area contributed by atoms with Gasteiger partial charge in [-0.2, -0.15) is 0 Å². The van der Waals surface area contributed by atoms with Gasteiger partial charge in [-0.25, -0.2) is 4.39 Å². The van der Waals surface area contributed by atoms with E-state index in [9.17, 15) is 14.0 Å². The Labute approximate surface area is 132 Å². The number of rotatable bonds is 5. The van der Waals surface area contributed by atoms with Crippen LogP contribution in [-0.4, -0.2) is 24.5 Å². The highest BCUT2D eigenvalue weighted by Gasteiger charge is 2.17. The van der Waals surface area contributed by atoms with E-state index in [1.165, 1.54) is 17.4 Å². The summed E-state index contributed by atoms with van der Waals surface area (Å²) in [6.45, 7) is 5.46.